The number of aryl methyl sites for hydroxylation is 1. The standard InChI is InChI=1S/C15H24N2O2S/c1-10-6-14(16)13(4)15(7-10)20(18,19)17-8-11(2)5-12(3)9-17/h6-7,11-12H,5,8-9,16H2,1-4H3. The van der Waals surface area contributed by atoms with Crippen molar-refractivity contribution in [1.29, 1.82) is 0 Å². The summed E-state index contributed by atoms with van der Waals surface area (Å²) in [6.45, 7) is 9.06. The van der Waals surface area contributed by atoms with E-state index in [-0.39, 0.29) is 0 Å². The largest absolute Gasteiger partial charge is 0.398 e. The summed E-state index contributed by atoms with van der Waals surface area (Å²) in [6.07, 6.45) is 1.08. The Morgan fingerprint density at radius 1 is 1.15 bits per heavy atom. The number of sulfonamides is 1. The van der Waals surface area contributed by atoms with Crippen LogP contribution in [0.25, 0.3) is 0 Å². The molecule has 0 radical (unpaired) electrons. The van der Waals surface area contributed by atoms with Crippen LogP contribution in [0.5, 0.6) is 0 Å². The van der Waals surface area contributed by atoms with Crippen molar-refractivity contribution in [3.8, 4) is 0 Å². The van der Waals surface area contributed by atoms with Gasteiger partial charge < -0.3 is 5.73 Å². The summed E-state index contributed by atoms with van der Waals surface area (Å²) >= 11 is 0. The fourth-order valence-corrected chi connectivity index (χ4v) is 5.08. The molecule has 2 N–H and O–H groups in total. The second-order valence-electron chi connectivity index (χ2n) is 6.25. The van der Waals surface area contributed by atoms with Crippen molar-refractivity contribution >= 4 is 15.7 Å². The first-order chi connectivity index (χ1) is 9.21. The molecule has 4 nitrogen and oxygen atoms in total. The predicted molar refractivity (Wildman–Crippen MR) is 82.0 cm³/mol. The Labute approximate surface area is 122 Å². The third kappa shape index (κ3) is 2.83. The van der Waals surface area contributed by atoms with E-state index in [1.807, 2.05) is 13.0 Å². The highest BCUT2D eigenvalue weighted by atomic mass is 32.2. The SMILES string of the molecule is Cc1cc(N)c(C)c(S(=O)(=O)N2CC(C)CC(C)C2)c1. The molecule has 112 valence electrons. The van der Waals surface area contributed by atoms with E-state index < -0.39 is 10.0 Å². The van der Waals surface area contributed by atoms with Gasteiger partial charge in [0.25, 0.3) is 0 Å². The van der Waals surface area contributed by atoms with Gasteiger partial charge in [-0.3, -0.25) is 0 Å². The van der Waals surface area contributed by atoms with E-state index in [1.54, 1.807) is 17.3 Å². The molecule has 2 rings (SSSR count). The lowest BCUT2D eigenvalue weighted by molar-refractivity contribution is 0.222. The highest BCUT2D eigenvalue weighted by molar-refractivity contribution is 7.89. The zero-order valence-electron chi connectivity index (χ0n) is 12.7. The van der Waals surface area contributed by atoms with Gasteiger partial charge in [-0.2, -0.15) is 4.31 Å². The number of hydrogen-bond donors (Lipinski definition) is 1. The maximum atomic E-state index is 12.9. The average molecular weight is 296 g/mol. The molecule has 0 saturated carbocycles. The van der Waals surface area contributed by atoms with Crippen LogP contribution in [-0.2, 0) is 10.0 Å². The number of benzene rings is 1. The van der Waals surface area contributed by atoms with Crippen molar-refractivity contribution < 1.29 is 8.42 Å². The average Bonchev–Trinajstić information content (AvgIpc) is 2.32. The van der Waals surface area contributed by atoms with Crippen molar-refractivity contribution in [3.05, 3.63) is 23.3 Å². The Hall–Kier alpha value is -1.07. The van der Waals surface area contributed by atoms with Crippen LogP contribution in [0.1, 0.15) is 31.4 Å². The lowest BCUT2D eigenvalue weighted by Crippen LogP contribution is -2.42. The normalized spacial score (nSPS) is 24.8. The second kappa shape index (κ2) is 5.37. The van der Waals surface area contributed by atoms with E-state index in [1.165, 1.54) is 0 Å². The summed E-state index contributed by atoms with van der Waals surface area (Å²) < 4.78 is 27.4. The molecule has 1 heterocycles. The van der Waals surface area contributed by atoms with Crippen molar-refractivity contribution in [2.45, 2.75) is 39.0 Å². The van der Waals surface area contributed by atoms with Gasteiger partial charge in [-0.25, -0.2) is 8.42 Å². The molecule has 1 aromatic carbocycles. The lowest BCUT2D eigenvalue weighted by atomic mass is 9.94. The number of anilines is 1. The van der Waals surface area contributed by atoms with Crippen LogP contribution in [0.15, 0.2) is 17.0 Å². The summed E-state index contributed by atoms with van der Waals surface area (Å²) in [7, 11) is -3.45. The molecule has 2 atom stereocenters. The van der Waals surface area contributed by atoms with Crippen LogP contribution in [0.4, 0.5) is 5.69 Å². The molecule has 0 aliphatic carbocycles. The van der Waals surface area contributed by atoms with Crippen LogP contribution in [0, 0.1) is 25.7 Å². The number of nitrogen functional groups attached to an aromatic ring is 1. The monoisotopic (exact) mass is 296 g/mol. The number of nitrogens with two attached hydrogens (primary N) is 1. The zero-order valence-corrected chi connectivity index (χ0v) is 13.5. The van der Waals surface area contributed by atoms with Gasteiger partial charge in [0, 0.05) is 18.8 Å². The van der Waals surface area contributed by atoms with E-state index in [4.69, 9.17) is 5.73 Å². The quantitative estimate of drug-likeness (QED) is 0.853. The first-order valence-electron chi connectivity index (χ1n) is 7.08. The predicted octanol–water partition coefficient (Wildman–Crippen LogP) is 2.55. The maximum absolute atomic E-state index is 12.9. The van der Waals surface area contributed by atoms with Crippen LogP contribution in [-0.4, -0.2) is 25.8 Å². The summed E-state index contributed by atoms with van der Waals surface area (Å²) in [5.41, 5.74) is 8.00. The molecule has 1 saturated heterocycles. The first kappa shape index (κ1) is 15.3. The van der Waals surface area contributed by atoms with Crippen LogP contribution >= 0.6 is 0 Å². The number of piperidine rings is 1. The fourth-order valence-electron chi connectivity index (χ4n) is 3.06. The Balaban J connectivity index is 2.45. The van der Waals surface area contributed by atoms with E-state index >= 15 is 0 Å². The topological polar surface area (TPSA) is 63.4 Å². The number of nitrogens with zero attached hydrogens (tertiary/aromatic N) is 1. The molecule has 0 amide bonds. The van der Waals surface area contributed by atoms with Gasteiger partial charge >= 0.3 is 0 Å². The fraction of sp³-hybridized carbons (Fsp3) is 0.600. The van der Waals surface area contributed by atoms with Crippen LogP contribution in [0.2, 0.25) is 0 Å². The third-order valence-electron chi connectivity index (χ3n) is 4.00. The molecule has 2 unspecified atom stereocenters. The summed E-state index contributed by atoms with van der Waals surface area (Å²) in [5, 5.41) is 0. The van der Waals surface area contributed by atoms with Gasteiger partial charge in [0.15, 0.2) is 0 Å². The van der Waals surface area contributed by atoms with E-state index in [2.05, 4.69) is 13.8 Å². The van der Waals surface area contributed by atoms with Crippen molar-refractivity contribution in [2.24, 2.45) is 11.8 Å². The highest BCUT2D eigenvalue weighted by Gasteiger charge is 2.32. The summed E-state index contributed by atoms with van der Waals surface area (Å²) in [4.78, 5) is 0.358. The van der Waals surface area contributed by atoms with Crippen LogP contribution < -0.4 is 5.73 Å². The van der Waals surface area contributed by atoms with Crippen LogP contribution in [0.3, 0.4) is 0 Å². The molecular formula is C15H24N2O2S. The summed E-state index contributed by atoms with van der Waals surface area (Å²) in [5.74, 6) is 0.798. The van der Waals surface area contributed by atoms with Crippen molar-refractivity contribution in [3.63, 3.8) is 0 Å². The molecular weight excluding hydrogens is 272 g/mol. The molecule has 0 aromatic heterocycles. The lowest BCUT2D eigenvalue weighted by Gasteiger charge is -2.34. The number of hydrogen-bond acceptors (Lipinski definition) is 3. The zero-order chi connectivity index (χ0) is 15.1. The molecule has 20 heavy (non-hydrogen) atoms. The van der Waals surface area contributed by atoms with Crippen molar-refractivity contribution in [2.75, 3.05) is 18.8 Å². The molecule has 0 bridgehead atoms. The first-order valence-corrected chi connectivity index (χ1v) is 8.52. The third-order valence-corrected chi connectivity index (χ3v) is 5.96. The van der Waals surface area contributed by atoms with Gasteiger partial charge in [-0.05, 0) is 55.4 Å². The van der Waals surface area contributed by atoms with Gasteiger partial charge in [0.2, 0.25) is 10.0 Å². The van der Waals surface area contributed by atoms with Gasteiger partial charge in [-0.15, -0.1) is 0 Å². The molecule has 5 heteroatoms. The second-order valence-corrected chi connectivity index (χ2v) is 8.15. The Bertz CT molecular complexity index is 601. The van der Waals surface area contributed by atoms with E-state index in [9.17, 15) is 8.42 Å². The van der Waals surface area contributed by atoms with E-state index in [0.717, 1.165) is 12.0 Å². The maximum Gasteiger partial charge on any atom is 0.243 e. The minimum Gasteiger partial charge on any atom is -0.398 e. The highest BCUT2D eigenvalue weighted by Crippen LogP contribution is 2.30. The van der Waals surface area contributed by atoms with Gasteiger partial charge in [0.1, 0.15) is 0 Å². The molecule has 1 aliphatic rings. The van der Waals surface area contributed by atoms with Gasteiger partial charge in [0.05, 0.1) is 4.90 Å². The Kier molecular flexibility index (Phi) is 4.12. The molecule has 0 spiro atoms. The molecule has 1 fully saturated rings. The minimum absolute atomic E-state index is 0.358. The number of rotatable bonds is 2. The minimum atomic E-state index is -3.45. The molecule has 1 aromatic rings. The summed E-state index contributed by atoms with van der Waals surface area (Å²) in [6, 6.07) is 3.54. The Morgan fingerprint density at radius 2 is 1.70 bits per heavy atom. The van der Waals surface area contributed by atoms with E-state index in [0.29, 0.717) is 41.1 Å². The Morgan fingerprint density at radius 3 is 2.25 bits per heavy atom. The smallest absolute Gasteiger partial charge is 0.243 e. The van der Waals surface area contributed by atoms with Crippen molar-refractivity contribution in [1.82, 2.24) is 4.31 Å². The van der Waals surface area contributed by atoms with Gasteiger partial charge in [-0.1, -0.05) is 13.8 Å². The molecule has 1 aliphatic heterocycles.